The molecular formula is C19H34O2S. The van der Waals surface area contributed by atoms with E-state index in [1.165, 1.54) is 25.7 Å². The van der Waals surface area contributed by atoms with Crippen LogP contribution in [-0.2, 0) is 9.47 Å². The van der Waals surface area contributed by atoms with Gasteiger partial charge in [0.2, 0.25) is 0 Å². The molecule has 1 aliphatic carbocycles. The summed E-state index contributed by atoms with van der Waals surface area (Å²) in [5.41, 5.74) is 0. The first-order chi connectivity index (χ1) is 10.5. The highest BCUT2D eigenvalue weighted by molar-refractivity contribution is 8.00. The van der Waals surface area contributed by atoms with Gasteiger partial charge in [0.15, 0.2) is 0 Å². The van der Waals surface area contributed by atoms with Crippen LogP contribution in [-0.4, -0.2) is 30.0 Å². The quantitative estimate of drug-likeness (QED) is 0.327. The largest absolute Gasteiger partial charge is 0.366 e. The van der Waals surface area contributed by atoms with Gasteiger partial charge in [-0.05, 0) is 64.5 Å². The number of hydrogen-bond donors (Lipinski definition) is 0. The van der Waals surface area contributed by atoms with Crippen LogP contribution < -0.4 is 0 Å². The molecule has 0 saturated heterocycles. The zero-order valence-corrected chi connectivity index (χ0v) is 15.8. The summed E-state index contributed by atoms with van der Waals surface area (Å²) in [5, 5.41) is 0. The molecule has 2 unspecified atom stereocenters. The van der Waals surface area contributed by atoms with Gasteiger partial charge in [-0.2, -0.15) is 0 Å². The van der Waals surface area contributed by atoms with Crippen molar-refractivity contribution in [3.8, 4) is 11.8 Å². The lowest BCUT2D eigenvalue weighted by atomic mass is 10.0. The topological polar surface area (TPSA) is 18.5 Å². The lowest BCUT2D eigenvalue weighted by Crippen LogP contribution is -2.20. The zero-order chi connectivity index (χ0) is 16.3. The van der Waals surface area contributed by atoms with E-state index >= 15 is 0 Å². The van der Waals surface area contributed by atoms with Crippen molar-refractivity contribution in [1.82, 2.24) is 0 Å². The predicted molar refractivity (Wildman–Crippen MR) is 97.2 cm³/mol. The van der Waals surface area contributed by atoms with Crippen LogP contribution in [0, 0.1) is 17.8 Å². The molecule has 0 fully saturated rings. The lowest BCUT2D eigenvalue weighted by Gasteiger charge is -2.23. The van der Waals surface area contributed by atoms with Gasteiger partial charge in [-0.1, -0.05) is 19.3 Å². The van der Waals surface area contributed by atoms with Gasteiger partial charge in [0.05, 0.1) is 0 Å². The summed E-state index contributed by atoms with van der Waals surface area (Å²) in [6.07, 6.45) is 8.47. The van der Waals surface area contributed by atoms with E-state index in [-0.39, 0.29) is 11.0 Å². The van der Waals surface area contributed by atoms with Crippen molar-refractivity contribution in [3.05, 3.63) is 0 Å². The van der Waals surface area contributed by atoms with Crippen LogP contribution in [0.5, 0.6) is 0 Å². The fourth-order valence-electron chi connectivity index (χ4n) is 2.61. The van der Waals surface area contributed by atoms with E-state index < -0.39 is 0 Å². The normalized spacial score (nSPS) is 23.1. The van der Waals surface area contributed by atoms with Gasteiger partial charge in [-0.15, -0.1) is 17.7 Å². The summed E-state index contributed by atoms with van der Waals surface area (Å²) in [4.78, 5) is -0.0600. The highest BCUT2D eigenvalue weighted by Crippen LogP contribution is 2.26. The molecule has 0 spiro atoms. The van der Waals surface area contributed by atoms with Gasteiger partial charge in [0.1, 0.15) is 11.0 Å². The van der Waals surface area contributed by atoms with E-state index in [1.54, 1.807) is 0 Å². The maximum absolute atomic E-state index is 5.97. The maximum atomic E-state index is 5.97. The molecule has 128 valence electrons. The minimum Gasteiger partial charge on any atom is -0.366 e. The average molecular weight is 327 g/mol. The molecule has 3 heteroatoms. The van der Waals surface area contributed by atoms with Crippen molar-refractivity contribution in [2.24, 2.45) is 5.92 Å². The van der Waals surface area contributed by atoms with Crippen molar-refractivity contribution in [2.45, 2.75) is 83.7 Å². The molecular weight excluding hydrogens is 292 g/mol. The molecule has 0 aromatic carbocycles. The molecule has 0 bridgehead atoms. The molecule has 2 nitrogen and oxygen atoms in total. The molecule has 0 saturated carbocycles. The molecule has 0 amide bonds. The molecule has 1 rings (SSSR count). The summed E-state index contributed by atoms with van der Waals surface area (Å²) in [6, 6.07) is 0. The van der Waals surface area contributed by atoms with E-state index in [4.69, 9.17) is 9.47 Å². The Kier molecular flexibility index (Phi) is 10.3. The molecule has 0 aromatic heterocycles. The summed E-state index contributed by atoms with van der Waals surface area (Å²) in [5.74, 6) is 8.52. The number of hydrogen-bond acceptors (Lipinski definition) is 3. The third-order valence-electron chi connectivity index (χ3n) is 3.93. The summed E-state index contributed by atoms with van der Waals surface area (Å²) in [7, 11) is 0. The van der Waals surface area contributed by atoms with Crippen molar-refractivity contribution in [1.29, 1.82) is 0 Å². The minimum absolute atomic E-state index is 0.0600. The van der Waals surface area contributed by atoms with Crippen LogP contribution in [0.15, 0.2) is 0 Å². The van der Waals surface area contributed by atoms with Crippen molar-refractivity contribution in [3.63, 3.8) is 0 Å². The van der Waals surface area contributed by atoms with E-state index in [0.29, 0.717) is 0 Å². The van der Waals surface area contributed by atoms with E-state index in [9.17, 15) is 0 Å². The highest BCUT2D eigenvalue weighted by atomic mass is 32.2. The Bertz CT molecular complexity index is 343. The maximum Gasteiger partial charge on any atom is 0.118 e. The summed E-state index contributed by atoms with van der Waals surface area (Å²) in [6.45, 7) is 10.3. The molecule has 0 aromatic rings. The molecule has 0 aliphatic heterocycles. The Morgan fingerprint density at radius 2 is 1.95 bits per heavy atom. The number of ether oxygens (including phenoxy) is 2. The van der Waals surface area contributed by atoms with Crippen LogP contribution in [0.25, 0.3) is 0 Å². The number of thioether (sulfide) groups is 1. The van der Waals surface area contributed by atoms with Crippen LogP contribution >= 0.6 is 11.8 Å². The SMILES string of the molecule is CCOC(C)(C)SCCCCOC1C#CCC(C)CCCC1. The Morgan fingerprint density at radius 3 is 2.73 bits per heavy atom. The summed E-state index contributed by atoms with van der Waals surface area (Å²) >= 11 is 1.89. The Balaban J connectivity index is 2.12. The highest BCUT2D eigenvalue weighted by Gasteiger charge is 2.17. The smallest absolute Gasteiger partial charge is 0.118 e. The molecule has 2 atom stereocenters. The van der Waals surface area contributed by atoms with Crippen LogP contribution in [0.4, 0.5) is 0 Å². The predicted octanol–water partition coefficient (Wildman–Crippen LogP) is 5.26. The van der Waals surface area contributed by atoms with E-state index in [2.05, 4.69) is 39.5 Å². The molecule has 0 heterocycles. The number of rotatable bonds is 9. The average Bonchev–Trinajstić information content (AvgIpc) is 2.55. The van der Waals surface area contributed by atoms with Gasteiger partial charge < -0.3 is 9.47 Å². The third kappa shape index (κ3) is 9.77. The second kappa shape index (κ2) is 11.4. The minimum atomic E-state index is -0.0600. The van der Waals surface area contributed by atoms with E-state index in [0.717, 1.165) is 44.1 Å². The molecule has 22 heavy (non-hydrogen) atoms. The fourth-order valence-corrected chi connectivity index (χ4v) is 3.65. The number of unbranched alkanes of at least 4 members (excludes halogenated alkanes) is 1. The Morgan fingerprint density at radius 1 is 1.18 bits per heavy atom. The third-order valence-corrected chi connectivity index (χ3v) is 5.23. The molecule has 0 radical (unpaired) electrons. The first-order valence-electron chi connectivity index (χ1n) is 8.91. The van der Waals surface area contributed by atoms with Gasteiger partial charge >= 0.3 is 0 Å². The monoisotopic (exact) mass is 326 g/mol. The lowest BCUT2D eigenvalue weighted by molar-refractivity contribution is 0.0623. The first kappa shape index (κ1) is 19.9. The zero-order valence-electron chi connectivity index (χ0n) is 15.0. The fraction of sp³-hybridized carbons (Fsp3) is 0.895. The Hall–Kier alpha value is -0.170. The summed E-state index contributed by atoms with van der Waals surface area (Å²) < 4.78 is 11.7. The van der Waals surface area contributed by atoms with Gasteiger partial charge in [-0.25, -0.2) is 0 Å². The van der Waals surface area contributed by atoms with Crippen molar-refractivity contribution in [2.75, 3.05) is 19.0 Å². The van der Waals surface area contributed by atoms with Gasteiger partial charge in [-0.3, -0.25) is 0 Å². The molecule has 0 N–H and O–H groups in total. The van der Waals surface area contributed by atoms with Crippen LogP contribution in [0.3, 0.4) is 0 Å². The standard InChI is InChI=1S/C19H34O2S/c1-5-21-19(3,4)22-16-9-8-15-20-18-13-7-6-11-17(2)12-10-14-18/h17-18H,5-9,11-13,15-16H2,1-4H3. The molecule has 1 aliphatic rings. The van der Waals surface area contributed by atoms with Crippen LogP contribution in [0.1, 0.15) is 72.6 Å². The van der Waals surface area contributed by atoms with Gasteiger partial charge in [0, 0.05) is 19.6 Å². The first-order valence-corrected chi connectivity index (χ1v) is 9.90. The van der Waals surface area contributed by atoms with Crippen molar-refractivity contribution >= 4 is 11.8 Å². The van der Waals surface area contributed by atoms with Gasteiger partial charge in [0.25, 0.3) is 0 Å². The van der Waals surface area contributed by atoms with E-state index in [1.807, 2.05) is 11.8 Å². The second-order valence-electron chi connectivity index (χ2n) is 6.66. The Labute approximate surface area is 142 Å². The second-order valence-corrected chi connectivity index (χ2v) is 8.34. The van der Waals surface area contributed by atoms with Crippen LogP contribution in [0.2, 0.25) is 0 Å². The van der Waals surface area contributed by atoms with Crippen molar-refractivity contribution < 1.29 is 9.47 Å².